The number of rotatable bonds is 8. The zero-order valence-electron chi connectivity index (χ0n) is 10.9. The molecule has 0 aliphatic heterocycles. The number of benzene rings is 1. The van der Waals surface area contributed by atoms with Gasteiger partial charge >= 0.3 is 0 Å². The van der Waals surface area contributed by atoms with Crippen LogP contribution in [0.1, 0.15) is 13.3 Å². The Bertz CT molecular complexity index is 360. The first-order valence-corrected chi connectivity index (χ1v) is 6.08. The monoisotopic (exact) mass is 290 g/mol. The van der Waals surface area contributed by atoms with Crippen LogP contribution in [0.25, 0.3) is 0 Å². The summed E-state index contributed by atoms with van der Waals surface area (Å²) in [6.45, 7) is 4.57. The van der Waals surface area contributed by atoms with E-state index >= 15 is 0 Å². The maximum absolute atomic E-state index is 12.6. The topological polar surface area (TPSA) is 50.4 Å². The molecule has 0 fully saturated rings. The fourth-order valence-corrected chi connectivity index (χ4v) is 1.35. The van der Waals surface area contributed by atoms with E-state index in [4.69, 9.17) is 4.74 Å². The van der Waals surface area contributed by atoms with E-state index in [2.05, 4.69) is 10.6 Å². The maximum Gasteiger partial charge on any atom is 0.223 e. The third-order valence-corrected chi connectivity index (χ3v) is 2.29. The molecule has 0 spiro atoms. The summed E-state index contributed by atoms with van der Waals surface area (Å²) < 4.78 is 17.9. The van der Waals surface area contributed by atoms with Crippen LogP contribution in [-0.2, 0) is 4.79 Å². The van der Waals surface area contributed by atoms with Gasteiger partial charge in [0.2, 0.25) is 5.91 Å². The third-order valence-electron chi connectivity index (χ3n) is 2.29. The molecule has 0 heterocycles. The molecule has 0 unspecified atom stereocenters. The highest BCUT2D eigenvalue weighted by atomic mass is 35.5. The number of halogens is 2. The predicted molar refractivity (Wildman–Crippen MR) is 75.3 cm³/mol. The summed E-state index contributed by atoms with van der Waals surface area (Å²) >= 11 is 0. The van der Waals surface area contributed by atoms with Crippen molar-refractivity contribution in [2.24, 2.45) is 0 Å². The smallest absolute Gasteiger partial charge is 0.223 e. The van der Waals surface area contributed by atoms with Crippen LogP contribution in [0.3, 0.4) is 0 Å². The molecule has 0 saturated carbocycles. The van der Waals surface area contributed by atoms with Crippen LogP contribution in [0.15, 0.2) is 24.3 Å². The molecule has 0 aliphatic rings. The van der Waals surface area contributed by atoms with Crippen molar-refractivity contribution in [3.05, 3.63) is 30.1 Å². The molecule has 0 aromatic heterocycles. The van der Waals surface area contributed by atoms with Gasteiger partial charge in [0, 0.05) is 13.1 Å². The molecule has 0 atom stereocenters. The van der Waals surface area contributed by atoms with E-state index in [1.54, 1.807) is 12.1 Å². The lowest BCUT2D eigenvalue weighted by Gasteiger charge is -2.07. The largest absolute Gasteiger partial charge is 0.493 e. The van der Waals surface area contributed by atoms with Gasteiger partial charge in [-0.25, -0.2) is 4.39 Å². The molecule has 0 aliphatic carbocycles. The van der Waals surface area contributed by atoms with Crippen molar-refractivity contribution in [1.82, 2.24) is 10.6 Å². The minimum atomic E-state index is -0.302. The number of likely N-dealkylation sites (N-methyl/N-ethyl adjacent to an activating group) is 1. The molecule has 4 nitrogen and oxygen atoms in total. The van der Waals surface area contributed by atoms with E-state index in [0.717, 1.165) is 13.1 Å². The Kier molecular flexibility index (Phi) is 9.84. The summed E-state index contributed by atoms with van der Waals surface area (Å²) in [4.78, 5) is 11.4. The van der Waals surface area contributed by atoms with Crippen LogP contribution in [-0.4, -0.2) is 32.1 Å². The molecule has 0 bridgehead atoms. The Labute approximate surface area is 119 Å². The number of carbonyl (C=O) groups excluding carboxylic acids is 1. The SMILES string of the molecule is CCNCCNC(=O)CCOc1ccc(F)cc1.Cl. The van der Waals surface area contributed by atoms with Gasteiger partial charge in [0.1, 0.15) is 11.6 Å². The molecular weight excluding hydrogens is 271 g/mol. The Morgan fingerprint density at radius 2 is 1.95 bits per heavy atom. The fraction of sp³-hybridized carbons (Fsp3) is 0.462. The van der Waals surface area contributed by atoms with Crippen LogP contribution < -0.4 is 15.4 Å². The number of carbonyl (C=O) groups is 1. The summed E-state index contributed by atoms with van der Waals surface area (Å²) in [6.07, 6.45) is 0.295. The first kappa shape index (κ1) is 17.7. The van der Waals surface area contributed by atoms with Gasteiger partial charge < -0.3 is 15.4 Å². The predicted octanol–water partition coefficient (Wildman–Crippen LogP) is 1.74. The van der Waals surface area contributed by atoms with Gasteiger partial charge in [0.25, 0.3) is 0 Å². The first-order valence-electron chi connectivity index (χ1n) is 6.08. The number of amides is 1. The summed E-state index contributed by atoms with van der Waals surface area (Å²) in [5, 5.41) is 5.88. The maximum atomic E-state index is 12.6. The summed E-state index contributed by atoms with van der Waals surface area (Å²) in [5.74, 6) is 0.218. The van der Waals surface area contributed by atoms with Gasteiger partial charge in [-0.1, -0.05) is 6.92 Å². The van der Waals surface area contributed by atoms with Crippen molar-refractivity contribution >= 4 is 18.3 Å². The lowest BCUT2D eigenvalue weighted by atomic mass is 10.3. The number of nitrogens with one attached hydrogen (secondary N) is 2. The summed E-state index contributed by atoms with van der Waals surface area (Å²) in [7, 11) is 0. The third kappa shape index (κ3) is 8.40. The Balaban J connectivity index is 0.00000324. The minimum absolute atomic E-state index is 0. The Hall–Kier alpha value is -1.33. The molecule has 6 heteroatoms. The standard InChI is InChI=1S/C13H19FN2O2.ClH/c1-2-15-8-9-16-13(17)7-10-18-12-5-3-11(14)4-6-12;/h3-6,15H,2,7-10H2,1H3,(H,16,17);1H. The average molecular weight is 291 g/mol. The highest BCUT2D eigenvalue weighted by Gasteiger charge is 2.01. The quantitative estimate of drug-likeness (QED) is 0.717. The second-order valence-electron chi connectivity index (χ2n) is 3.76. The summed E-state index contributed by atoms with van der Waals surface area (Å²) in [6, 6.07) is 5.73. The van der Waals surface area contributed by atoms with E-state index < -0.39 is 0 Å². The van der Waals surface area contributed by atoms with Gasteiger partial charge in [0.05, 0.1) is 13.0 Å². The zero-order valence-corrected chi connectivity index (χ0v) is 11.8. The normalized spacial score (nSPS) is 9.58. The van der Waals surface area contributed by atoms with Crippen molar-refractivity contribution in [1.29, 1.82) is 0 Å². The van der Waals surface area contributed by atoms with Crippen molar-refractivity contribution < 1.29 is 13.9 Å². The number of ether oxygens (including phenoxy) is 1. The van der Waals surface area contributed by atoms with Crippen molar-refractivity contribution in [3.8, 4) is 5.75 Å². The molecule has 0 radical (unpaired) electrons. The van der Waals surface area contributed by atoms with E-state index in [-0.39, 0.29) is 24.1 Å². The second-order valence-corrected chi connectivity index (χ2v) is 3.76. The van der Waals surface area contributed by atoms with Gasteiger partial charge in [-0.15, -0.1) is 12.4 Å². The number of hydrogen-bond acceptors (Lipinski definition) is 3. The lowest BCUT2D eigenvalue weighted by molar-refractivity contribution is -0.121. The van der Waals surface area contributed by atoms with E-state index in [1.807, 2.05) is 6.92 Å². The van der Waals surface area contributed by atoms with E-state index in [1.165, 1.54) is 12.1 Å². The number of hydrogen-bond donors (Lipinski definition) is 2. The summed E-state index contributed by atoms with van der Waals surface area (Å²) in [5.41, 5.74) is 0. The molecule has 1 aromatic carbocycles. The Morgan fingerprint density at radius 3 is 2.58 bits per heavy atom. The van der Waals surface area contributed by atoms with Gasteiger partial charge in [0.15, 0.2) is 0 Å². The molecular formula is C13H20ClFN2O2. The van der Waals surface area contributed by atoms with Gasteiger partial charge in [-0.3, -0.25) is 4.79 Å². The lowest BCUT2D eigenvalue weighted by Crippen LogP contribution is -2.32. The average Bonchev–Trinajstić information content (AvgIpc) is 2.37. The minimum Gasteiger partial charge on any atom is -0.493 e. The van der Waals surface area contributed by atoms with E-state index in [9.17, 15) is 9.18 Å². The van der Waals surface area contributed by atoms with Gasteiger partial charge in [-0.2, -0.15) is 0 Å². The first-order chi connectivity index (χ1) is 8.72. The van der Waals surface area contributed by atoms with Crippen LogP contribution in [0, 0.1) is 5.82 Å². The van der Waals surface area contributed by atoms with Crippen molar-refractivity contribution in [3.63, 3.8) is 0 Å². The van der Waals surface area contributed by atoms with Gasteiger partial charge in [-0.05, 0) is 30.8 Å². The van der Waals surface area contributed by atoms with E-state index in [0.29, 0.717) is 25.3 Å². The van der Waals surface area contributed by atoms with Crippen LogP contribution in [0.5, 0.6) is 5.75 Å². The van der Waals surface area contributed by atoms with Crippen LogP contribution in [0.4, 0.5) is 4.39 Å². The Morgan fingerprint density at radius 1 is 1.26 bits per heavy atom. The molecule has 108 valence electrons. The molecule has 1 amide bonds. The van der Waals surface area contributed by atoms with Crippen LogP contribution >= 0.6 is 12.4 Å². The highest BCUT2D eigenvalue weighted by molar-refractivity contribution is 5.85. The zero-order chi connectivity index (χ0) is 13.2. The molecule has 0 saturated heterocycles. The van der Waals surface area contributed by atoms with Crippen molar-refractivity contribution in [2.75, 3.05) is 26.2 Å². The molecule has 2 N–H and O–H groups in total. The highest BCUT2D eigenvalue weighted by Crippen LogP contribution is 2.10. The van der Waals surface area contributed by atoms with Crippen LogP contribution in [0.2, 0.25) is 0 Å². The van der Waals surface area contributed by atoms with Crippen molar-refractivity contribution in [2.45, 2.75) is 13.3 Å². The fourth-order valence-electron chi connectivity index (χ4n) is 1.35. The molecule has 1 rings (SSSR count). The molecule has 1 aromatic rings. The molecule has 19 heavy (non-hydrogen) atoms. The second kappa shape index (κ2) is 10.6.